The van der Waals surface area contributed by atoms with E-state index < -0.39 is 0 Å². The Morgan fingerprint density at radius 1 is 1.10 bits per heavy atom. The molecule has 2 aromatic rings. The Morgan fingerprint density at radius 2 is 1.85 bits per heavy atom. The molecule has 0 heterocycles. The van der Waals surface area contributed by atoms with Crippen LogP contribution in [0.5, 0.6) is 5.75 Å². The molecular weight excluding hydrogens is 359 g/mol. The Labute approximate surface area is 138 Å². The predicted octanol–water partition coefficient (Wildman–Crippen LogP) is 5.72. The molecule has 20 heavy (non-hydrogen) atoms. The van der Waals surface area contributed by atoms with E-state index in [1.165, 1.54) is 5.56 Å². The molecule has 0 aromatic heterocycles. The van der Waals surface area contributed by atoms with Crippen LogP contribution in [0.4, 0.5) is 0 Å². The monoisotopic (exact) mass is 372 g/mol. The van der Waals surface area contributed by atoms with Gasteiger partial charge in [-0.3, -0.25) is 0 Å². The maximum atomic E-state index is 6.08. The highest BCUT2D eigenvalue weighted by Crippen LogP contribution is 2.30. The van der Waals surface area contributed by atoms with Gasteiger partial charge in [0.15, 0.2) is 0 Å². The van der Waals surface area contributed by atoms with Crippen molar-refractivity contribution in [2.75, 3.05) is 12.4 Å². The molecule has 1 unspecified atom stereocenters. The van der Waals surface area contributed by atoms with Gasteiger partial charge >= 0.3 is 0 Å². The first-order valence-electron chi connectivity index (χ1n) is 6.28. The van der Waals surface area contributed by atoms with Gasteiger partial charge in [0.25, 0.3) is 0 Å². The van der Waals surface area contributed by atoms with Crippen LogP contribution < -0.4 is 4.74 Å². The fourth-order valence-corrected chi connectivity index (χ4v) is 3.19. The lowest BCUT2D eigenvalue weighted by atomic mass is 9.93. The molecule has 1 nitrogen and oxygen atoms in total. The van der Waals surface area contributed by atoms with Crippen LogP contribution in [0, 0.1) is 0 Å². The second kappa shape index (κ2) is 7.35. The molecule has 0 saturated heterocycles. The van der Waals surface area contributed by atoms with Crippen molar-refractivity contribution >= 4 is 39.1 Å². The van der Waals surface area contributed by atoms with E-state index in [9.17, 15) is 0 Å². The Bertz CT molecular complexity index is 586. The molecule has 0 spiro atoms. The van der Waals surface area contributed by atoms with Crippen molar-refractivity contribution in [1.82, 2.24) is 0 Å². The number of hydrogen-bond donors (Lipinski definition) is 0. The molecule has 0 aliphatic heterocycles. The van der Waals surface area contributed by atoms with Crippen LogP contribution in [0.1, 0.15) is 17.0 Å². The molecule has 2 rings (SSSR count). The van der Waals surface area contributed by atoms with Gasteiger partial charge in [0.1, 0.15) is 5.75 Å². The third kappa shape index (κ3) is 3.91. The molecule has 4 heteroatoms. The average Bonchev–Trinajstić information content (AvgIpc) is 2.45. The second-order valence-electron chi connectivity index (χ2n) is 4.57. The molecule has 106 valence electrons. The van der Waals surface area contributed by atoms with E-state index in [2.05, 4.69) is 22.0 Å². The minimum atomic E-state index is 0.320. The van der Waals surface area contributed by atoms with Crippen molar-refractivity contribution in [3.63, 3.8) is 0 Å². The molecule has 1 atom stereocenters. The zero-order chi connectivity index (χ0) is 14.5. The minimum Gasteiger partial charge on any atom is -0.496 e. The van der Waals surface area contributed by atoms with Crippen LogP contribution in [0.3, 0.4) is 0 Å². The first kappa shape index (κ1) is 15.7. The number of halogens is 3. The van der Waals surface area contributed by atoms with Gasteiger partial charge in [-0.05, 0) is 53.8 Å². The summed E-state index contributed by atoms with van der Waals surface area (Å²) in [5.41, 5.74) is 2.31. The first-order valence-corrected chi connectivity index (χ1v) is 8.15. The normalized spacial score (nSPS) is 12.2. The van der Waals surface area contributed by atoms with E-state index in [-0.39, 0.29) is 0 Å². The maximum Gasteiger partial charge on any atom is 0.122 e. The van der Waals surface area contributed by atoms with Gasteiger partial charge in [0.2, 0.25) is 0 Å². The number of benzene rings is 2. The van der Waals surface area contributed by atoms with Crippen LogP contribution in [-0.2, 0) is 6.42 Å². The fraction of sp³-hybridized carbons (Fsp3) is 0.250. The molecule has 0 aliphatic carbocycles. The summed E-state index contributed by atoms with van der Waals surface area (Å²) in [6, 6.07) is 13.7. The van der Waals surface area contributed by atoms with Crippen LogP contribution in [0.2, 0.25) is 10.0 Å². The fourth-order valence-electron chi connectivity index (χ4n) is 2.19. The number of rotatable bonds is 5. The van der Waals surface area contributed by atoms with Gasteiger partial charge in [0, 0.05) is 15.4 Å². The maximum absolute atomic E-state index is 6.08. The first-order chi connectivity index (χ1) is 9.63. The van der Waals surface area contributed by atoms with E-state index in [0.717, 1.165) is 33.1 Å². The SMILES string of the molecule is COc1ccc(Cl)cc1CC(CBr)c1cccc(Cl)c1. The summed E-state index contributed by atoms with van der Waals surface area (Å²) in [5, 5.41) is 2.33. The van der Waals surface area contributed by atoms with Crippen molar-refractivity contribution in [2.24, 2.45) is 0 Å². The highest BCUT2D eigenvalue weighted by atomic mass is 79.9. The largest absolute Gasteiger partial charge is 0.496 e. The second-order valence-corrected chi connectivity index (χ2v) is 6.09. The summed E-state index contributed by atoms with van der Waals surface area (Å²) in [6.07, 6.45) is 0.843. The highest BCUT2D eigenvalue weighted by molar-refractivity contribution is 9.09. The number of ether oxygens (including phenoxy) is 1. The van der Waals surface area contributed by atoms with Crippen molar-refractivity contribution in [3.8, 4) is 5.75 Å². The topological polar surface area (TPSA) is 9.23 Å². The molecule has 0 aliphatic rings. The number of alkyl halides is 1. The Balaban J connectivity index is 2.28. The lowest BCUT2D eigenvalue weighted by molar-refractivity contribution is 0.408. The summed E-state index contributed by atoms with van der Waals surface area (Å²) in [5.74, 6) is 1.18. The summed E-state index contributed by atoms with van der Waals surface area (Å²) in [4.78, 5) is 0. The van der Waals surface area contributed by atoms with E-state index >= 15 is 0 Å². The van der Waals surface area contributed by atoms with Crippen LogP contribution in [0.15, 0.2) is 42.5 Å². The molecule has 2 aromatic carbocycles. The van der Waals surface area contributed by atoms with Crippen molar-refractivity contribution < 1.29 is 4.74 Å². The lowest BCUT2D eigenvalue weighted by Crippen LogP contribution is -2.06. The molecule has 0 bridgehead atoms. The Morgan fingerprint density at radius 3 is 2.50 bits per heavy atom. The van der Waals surface area contributed by atoms with Gasteiger partial charge in [-0.15, -0.1) is 0 Å². The van der Waals surface area contributed by atoms with Gasteiger partial charge < -0.3 is 4.74 Å². The molecule has 0 amide bonds. The van der Waals surface area contributed by atoms with Gasteiger partial charge in [-0.2, -0.15) is 0 Å². The van der Waals surface area contributed by atoms with Crippen molar-refractivity contribution in [1.29, 1.82) is 0 Å². The number of methoxy groups -OCH3 is 1. The third-order valence-corrected chi connectivity index (χ3v) is 4.47. The van der Waals surface area contributed by atoms with E-state index in [4.69, 9.17) is 27.9 Å². The molecule has 0 saturated carbocycles. The molecule has 0 fully saturated rings. The van der Waals surface area contributed by atoms with E-state index in [1.807, 2.05) is 36.4 Å². The zero-order valence-electron chi connectivity index (χ0n) is 11.1. The average molecular weight is 374 g/mol. The standard InChI is InChI=1S/C16H15BrCl2O/c1-20-16-6-5-15(19)9-12(16)7-13(10-17)11-3-2-4-14(18)8-11/h2-6,8-9,13H,7,10H2,1H3. The summed E-state index contributed by atoms with van der Waals surface area (Å²) in [6.45, 7) is 0. The van der Waals surface area contributed by atoms with Crippen LogP contribution >= 0.6 is 39.1 Å². The number of hydrogen-bond acceptors (Lipinski definition) is 1. The third-order valence-electron chi connectivity index (χ3n) is 3.22. The molecule has 0 N–H and O–H groups in total. The predicted molar refractivity (Wildman–Crippen MR) is 89.7 cm³/mol. The van der Waals surface area contributed by atoms with E-state index in [0.29, 0.717) is 5.92 Å². The quantitative estimate of drug-likeness (QED) is 0.608. The summed E-state index contributed by atoms with van der Waals surface area (Å²) >= 11 is 15.7. The van der Waals surface area contributed by atoms with Gasteiger partial charge in [-0.25, -0.2) is 0 Å². The highest BCUT2D eigenvalue weighted by Gasteiger charge is 2.14. The zero-order valence-corrected chi connectivity index (χ0v) is 14.2. The molecule has 0 radical (unpaired) electrons. The van der Waals surface area contributed by atoms with Crippen molar-refractivity contribution in [2.45, 2.75) is 12.3 Å². The Hall–Kier alpha value is -0.700. The minimum absolute atomic E-state index is 0.320. The molecular formula is C16H15BrCl2O. The van der Waals surface area contributed by atoms with Crippen LogP contribution in [0.25, 0.3) is 0 Å². The van der Waals surface area contributed by atoms with E-state index in [1.54, 1.807) is 7.11 Å². The van der Waals surface area contributed by atoms with Gasteiger partial charge in [0.05, 0.1) is 7.11 Å². The van der Waals surface area contributed by atoms with Gasteiger partial charge in [-0.1, -0.05) is 51.3 Å². The lowest BCUT2D eigenvalue weighted by Gasteiger charge is -2.17. The Kier molecular flexibility index (Phi) is 5.76. The smallest absolute Gasteiger partial charge is 0.122 e. The van der Waals surface area contributed by atoms with Crippen LogP contribution in [-0.4, -0.2) is 12.4 Å². The summed E-state index contributed by atoms with van der Waals surface area (Å²) < 4.78 is 5.41. The van der Waals surface area contributed by atoms with Crippen molar-refractivity contribution in [3.05, 3.63) is 63.6 Å². The summed E-state index contributed by atoms with van der Waals surface area (Å²) in [7, 11) is 1.68.